The monoisotopic (exact) mass is 346 g/mol. The number of hydrogen-bond acceptors (Lipinski definition) is 3. The van der Waals surface area contributed by atoms with Crippen molar-refractivity contribution in [1.82, 2.24) is 9.62 Å². The molecule has 2 unspecified atom stereocenters. The number of fused-ring (bicyclic) bond motifs is 1. The second-order valence-corrected chi connectivity index (χ2v) is 8.68. The first-order chi connectivity index (χ1) is 11.5. The van der Waals surface area contributed by atoms with Gasteiger partial charge in [0.2, 0.25) is 10.0 Å². The van der Waals surface area contributed by atoms with Gasteiger partial charge < -0.3 is 0 Å². The number of piperidine rings is 1. The van der Waals surface area contributed by atoms with Crippen molar-refractivity contribution in [3.8, 4) is 0 Å². The highest BCUT2D eigenvalue weighted by Crippen LogP contribution is 2.27. The van der Waals surface area contributed by atoms with Crippen molar-refractivity contribution >= 4 is 20.8 Å². The molecule has 3 rings (SSSR count). The van der Waals surface area contributed by atoms with Gasteiger partial charge in [0.1, 0.15) is 0 Å². The van der Waals surface area contributed by atoms with Crippen LogP contribution in [-0.4, -0.2) is 38.2 Å². The number of likely N-dealkylation sites (tertiary alicyclic amines) is 1. The minimum Gasteiger partial charge on any atom is -0.295 e. The Labute approximate surface area is 144 Å². The molecule has 1 heterocycles. The molecule has 0 saturated carbocycles. The van der Waals surface area contributed by atoms with Crippen molar-refractivity contribution in [3.05, 3.63) is 48.0 Å². The highest BCUT2D eigenvalue weighted by atomic mass is 32.2. The standard InChI is InChI=1S/C19H26N2O2S/c1-3-24(22,23)20-19-9-6-12-21(14-19)15(2)17-11-10-16-7-4-5-8-18(16)13-17/h4-5,7-8,10-11,13,15,19-20H,3,6,9,12,14H2,1-2H3. The predicted molar refractivity (Wildman–Crippen MR) is 99.6 cm³/mol. The minimum absolute atomic E-state index is 0.0200. The Bertz CT molecular complexity index is 804. The van der Waals surface area contributed by atoms with E-state index in [1.807, 2.05) is 0 Å². The highest BCUT2D eigenvalue weighted by molar-refractivity contribution is 7.89. The van der Waals surface area contributed by atoms with Crippen LogP contribution in [0.15, 0.2) is 42.5 Å². The Morgan fingerprint density at radius 1 is 1.21 bits per heavy atom. The van der Waals surface area contributed by atoms with Crippen LogP contribution >= 0.6 is 0 Å². The van der Waals surface area contributed by atoms with Crippen LogP contribution < -0.4 is 4.72 Å². The fourth-order valence-corrected chi connectivity index (χ4v) is 4.34. The Morgan fingerprint density at radius 2 is 1.96 bits per heavy atom. The van der Waals surface area contributed by atoms with E-state index >= 15 is 0 Å². The summed E-state index contributed by atoms with van der Waals surface area (Å²) in [6, 6.07) is 15.3. The summed E-state index contributed by atoms with van der Waals surface area (Å²) in [4.78, 5) is 2.39. The molecule has 0 amide bonds. The van der Waals surface area contributed by atoms with Gasteiger partial charge in [-0.1, -0.05) is 36.4 Å². The van der Waals surface area contributed by atoms with Crippen LogP contribution in [0.5, 0.6) is 0 Å². The van der Waals surface area contributed by atoms with E-state index in [9.17, 15) is 8.42 Å². The lowest BCUT2D eigenvalue weighted by atomic mass is 9.98. The van der Waals surface area contributed by atoms with Crippen molar-refractivity contribution < 1.29 is 8.42 Å². The quantitative estimate of drug-likeness (QED) is 0.904. The maximum Gasteiger partial charge on any atom is 0.211 e. The smallest absolute Gasteiger partial charge is 0.211 e. The average molecular weight is 346 g/mol. The summed E-state index contributed by atoms with van der Waals surface area (Å²) in [5.41, 5.74) is 1.28. The largest absolute Gasteiger partial charge is 0.295 e. The molecule has 130 valence electrons. The van der Waals surface area contributed by atoms with Gasteiger partial charge in [0.05, 0.1) is 5.75 Å². The van der Waals surface area contributed by atoms with Gasteiger partial charge in [-0.05, 0) is 55.6 Å². The van der Waals surface area contributed by atoms with E-state index in [1.54, 1.807) is 6.92 Å². The molecule has 2 aromatic carbocycles. The molecule has 4 nitrogen and oxygen atoms in total. The van der Waals surface area contributed by atoms with Crippen molar-refractivity contribution in [2.24, 2.45) is 0 Å². The van der Waals surface area contributed by atoms with Crippen LogP contribution in [-0.2, 0) is 10.0 Å². The van der Waals surface area contributed by atoms with Gasteiger partial charge in [0, 0.05) is 18.6 Å². The second kappa shape index (κ2) is 7.21. The lowest BCUT2D eigenvalue weighted by Gasteiger charge is -2.37. The van der Waals surface area contributed by atoms with E-state index in [-0.39, 0.29) is 17.8 Å². The molecule has 0 aliphatic carbocycles. The molecule has 1 fully saturated rings. The topological polar surface area (TPSA) is 49.4 Å². The van der Waals surface area contributed by atoms with E-state index in [0.717, 1.165) is 25.9 Å². The van der Waals surface area contributed by atoms with Crippen molar-refractivity contribution in [2.75, 3.05) is 18.8 Å². The molecule has 2 aromatic rings. The van der Waals surface area contributed by atoms with Crippen molar-refractivity contribution in [3.63, 3.8) is 0 Å². The summed E-state index contributed by atoms with van der Waals surface area (Å²) >= 11 is 0. The lowest BCUT2D eigenvalue weighted by Crippen LogP contribution is -2.48. The summed E-state index contributed by atoms with van der Waals surface area (Å²) in [5.74, 6) is 0.143. The number of nitrogens with one attached hydrogen (secondary N) is 1. The molecule has 0 aromatic heterocycles. The van der Waals surface area contributed by atoms with Gasteiger partial charge in [-0.15, -0.1) is 0 Å². The summed E-state index contributed by atoms with van der Waals surface area (Å²) in [6.45, 7) is 5.67. The van der Waals surface area contributed by atoms with E-state index in [0.29, 0.717) is 0 Å². The molecule has 0 spiro atoms. The Hall–Kier alpha value is -1.43. The number of sulfonamides is 1. The third kappa shape index (κ3) is 3.97. The lowest BCUT2D eigenvalue weighted by molar-refractivity contribution is 0.154. The maximum absolute atomic E-state index is 11.8. The second-order valence-electron chi connectivity index (χ2n) is 6.64. The number of benzene rings is 2. The van der Waals surface area contributed by atoms with Crippen LogP contribution in [0.2, 0.25) is 0 Å². The average Bonchev–Trinajstić information content (AvgIpc) is 2.60. The normalized spacial score (nSPS) is 21.0. The highest BCUT2D eigenvalue weighted by Gasteiger charge is 2.26. The minimum atomic E-state index is -3.14. The van der Waals surface area contributed by atoms with Gasteiger partial charge in [0.25, 0.3) is 0 Å². The number of hydrogen-bond donors (Lipinski definition) is 1. The van der Waals surface area contributed by atoms with E-state index in [2.05, 4.69) is 59.0 Å². The molecule has 1 N–H and O–H groups in total. The fraction of sp³-hybridized carbons (Fsp3) is 0.474. The summed E-state index contributed by atoms with van der Waals surface area (Å²) in [7, 11) is -3.14. The first kappa shape index (κ1) is 17.4. The van der Waals surface area contributed by atoms with Gasteiger partial charge in [-0.25, -0.2) is 13.1 Å². The molecule has 0 radical (unpaired) electrons. The third-order valence-electron chi connectivity index (χ3n) is 4.98. The van der Waals surface area contributed by atoms with Crippen molar-refractivity contribution in [1.29, 1.82) is 0 Å². The van der Waals surface area contributed by atoms with E-state index in [4.69, 9.17) is 0 Å². The Kier molecular flexibility index (Phi) is 5.23. The first-order valence-electron chi connectivity index (χ1n) is 8.71. The first-order valence-corrected chi connectivity index (χ1v) is 10.4. The van der Waals surface area contributed by atoms with Crippen LogP contribution in [0.1, 0.15) is 38.3 Å². The van der Waals surface area contributed by atoms with Crippen LogP contribution in [0.3, 0.4) is 0 Å². The fourth-order valence-electron chi connectivity index (χ4n) is 3.47. The summed E-state index contributed by atoms with van der Waals surface area (Å²) < 4.78 is 26.5. The van der Waals surface area contributed by atoms with E-state index in [1.165, 1.54) is 16.3 Å². The molecule has 1 aliphatic rings. The zero-order chi connectivity index (χ0) is 17.2. The van der Waals surface area contributed by atoms with E-state index < -0.39 is 10.0 Å². The zero-order valence-electron chi connectivity index (χ0n) is 14.4. The molecular formula is C19H26N2O2S. The van der Waals surface area contributed by atoms with Gasteiger partial charge in [0.15, 0.2) is 0 Å². The van der Waals surface area contributed by atoms with Crippen LogP contribution in [0.4, 0.5) is 0 Å². The molecule has 0 bridgehead atoms. The Balaban J connectivity index is 1.74. The maximum atomic E-state index is 11.8. The summed E-state index contributed by atoms with van der Waals surface area (Å²) in [6.07, 6.45) is 1.94. The van der Waals surface area contributed by atoms with Crippen LogP contribution in [0, 0.1) is 0 Å². The van der Waals surface area contributed by atoms with Gasteiger partial charge in [-0.3, -0.25) is 4.90 Å². The molecule has 24 heavy (non-hydrogen) atoms. The van der Waals surface area contributed by atoms with Gasteiger partial charge >= 0.3 is 0 Å². The molecule has 2 atom stereocenters. The SMILES string of the molecule is CCS(=O)(=O)NC1CCCN(C(C)c2ccc3ccccc3c2)C1. The molecule has 5 heteroatoms. The van der Waals surface area contributed by atoms with Crippen molar-refractivity contribution in [2.45, 2.75) is 38.8 Å². The third-order valence-corrected chi connectivity index (χ3v) is 6.44. The summed E-state index contributed by atoms with van der Waals surface area (Å²) in [5, 5.41) is 2.50. The number of nitrogens with zero attached hydrogens (tertiary/aromatic N) is 1. The van der Waals surface area contributed by atoms with Crippen LogP contribution in [0.25, 0.3) is 10.8 Å². The molecule has 1 aliphatic heterocycles. The van der Waals surface area contributed by atoms with Gasteiger partial charge in [-0.2, -0.15) is 0 Å². The predicted octanol–water partition coefficient (Wildman–Crippen LogP) is 3.30. The number of rotatable bonds is 5. The molecule has 1 saturated heterocycles. The molecular weight excluding hydrogens is 320 g/mol. The Morgan fingerprint density at radius 3 is 2.71 bits per heavy atom. The zero-order valence-corrected chi connectivity index (χ0v) is 15.2.